The Labute approximate surface area is 141 Å². The van der Waals surface area contributed by atoms with E-state index in [1.165, 1.54) is 0 Å². The van der Waals surface area contributed by atoms with Crippen LogP contribution in [0.5, 0.6) is 0 Å². The number of nitrogens with one attached hydrogen (secondary N) is 1. The van der Waals surface area contributed by atoms with Gasteiger partial charge in [0.15, 0.2) is 11.7 Å². The molecule has 5 nitrogen and oxygen atoms in total. The van der Waals surface area contributed by atoms with Crippen molar-refractivity contribution < 1.29 is 9.21 Å². The van der Waals surface area contributed by atoms with Gasteiger partial charge in [-0.1, -0.05) is 11.6 Å². The lowest BCUT2D eigenvalue weighted by molar-refractivity contribution is -0.121. The molecule has 1 aromatic carbocycles. The second-order valence-electron chi connectivity index (χ2n) is 5.63. The van der Waals surface area contributed by atoms with Crippen molar-refractivity contribution >= 4 is 17.5 Å². The Morgan fingerprint density at radius 3 is 2.74 bits per heavy atom. The van der Waals surface area contributed by atoms with Gasteiger partial charge in [-0.25, -0.2) is 4.98 Å². The molecule has 2 rings (SSSR count). The lowest BCUT2D eigenvalue weighted by atomic mass is 10.2. The van der Waals surface area contributed by atoms with Crippen molar-refractivity contribution in [2.24, 2.45) is 0 Å². The predicted molar refractivity (Wildman–Crippen MR) is 91.5 cm³/mol. The summed E-state index contributed by atoms with van der Waals surface area (Å²) in [5.74, 6) is 1.27. The van der Waals surface area contributed by atoms with Crippen LogP contribution in [0.2, 0.25) is 5.02 Å². The van der Waals surface area contributed by atoms with Crippen molar-refractivity contribution in [2.45, 2.75) is 19.3 Å². The fourth-order valence-electron chi connectivity index (χ4n) is 2.11. The van der Waals surface area contributed by atoms with E-state index in [-0.39, 0.29) is 5.91 Å². The summed E-state index contributed by atoms with van der Waals surface area (Å²) in [5.41, 5.74) is 0.918. The predicted octanol–water partition coefficient (Wildman–Crippen LogP) is 3.00. The zero-order chi connectivity index (χ0) is 16.7. The first kappa shape index (κ1) is 17.5. The van der Waals surface area contributed by atoms with Gasteiger partial charge >= 0.3 is 0 Å². The first-order chi connectivity index (χ1) is 11.0. The summed E-state index contributed by atoms with van der Waals surface area (Å²) in [6, 6.07) is 7.37. The van der Waals surface area contributed by atoms with Gasteiger partial charge in [0.2, 0.25) is 5.91 Å². The number of aryl methyl sites for hydroxylation is 1. The van der Waals surface area contributed by atoms with Gasteiger partial charge in [0.1, 0.15) is 0 Å². The number of carbonyl (C=O) groups excluding carboxylic acids is 1. The maximum Gasteiger partial charge on any atom is 0.220 e. The van der Waals surface area contributed by atoms with Gasteiger partial charge in [0.25, 0.3) is 0 Å². The minimum Gasteiger partial charge on any atom is -0.441 e. The molecular formula is C17H22ClN3O2. The van der Waals surface area contributed by atoms with Crippen molar-refractivity contribution in [3.8, 4) is 11.3 Å². The molecule has 23 heavy (non-hydrogen) atoms. The second-order valence-corrected chi connectivity index (χ2v) is 6.07. The number of amides is 1. The Bertz CT molecular complexity index is 623. The molecule has 1 heterocycles. The number of hydrogen-bond acceptors (Lipinski definition) is 4. The topological polar surface area (TPSA) is 58.4 Å². The third-order valence-corrected chi connectivity index (χ3v) is 3.60. The molecule has 6 heteroatoms. The molecule has 0 radical (unpaired) electrons. The zero-order valence-corrected chi connectivity index (χ0v) is 14.3. The van der Waals surface area contributed by atoms with E-state index >= 15 is 0 Å². The molecule has 0 aliphatic rings. The summed E-state index contributed by atoms with van der Waals surface area (Å²) < 4.78 is 5.68. The fourth-order valence-corrected chi connectivity index (χ4v) is 2.23. The summed E-state index contributed by atoms with van der Waals surface area (Å²) in [6.45, 7) is 1.66. The molecule has 0 saturated carbocycles. The largest absolute Gasteiger partial charge is 0.441 e. The Kier molecular flexibility index (Phi) is 6.62. The lowest BCUT2D eigenvalue weighted by Crippen LogP contribution is -2.27. The van der Waals surface area contributed by atoms with E-state index in [1.54, 1.807) is 18.3 Å². The van der Waals surface area contributed by atoms with Gasteiger partial charge < -0.3 is 14.6 Å². The Hall–Kier alpha value is -1.85. The molecule has 2 aromatic rings. The van der Waals surface area contributed by atoms with E-state index in [1.807, 2.05) is 26.2 Å². The Balaban J connectivity index is 1.76. The number of nitrogens with zero attached hydrogens (tertiary/aromatic N) is 2. The monoisotopic (exact) mass is 335 g/mol. The van der Waals surface area contributed by atoms with Gasteiger partial charge in [-0.15, -0.1) is 0 Å². The second kappa shape index (κ2) is 8.70. The van der Waals surface area contributed by atoms with Crippen LogP contribution in [-0.4, -0.2) is 43.0 Å². The summed E-state index contributed by atoms with van der Waals surface area (Å²) in [5, 5.41) is 3.58. The molecule has 124 valence electrons. The first-order valence-corrected chi connectivity index (χ1v) is 8.04. The van der Waals surface area contributed by atoms with Crippen molar-refractivity contribution in [2.75, 3.05) is 27.2 Å². The highest BCUT2D eigenvalue weighted by Gasteiger charge is 2.09. The lowest BCUT2D eigenvalue weighted by Gasteiger charge is -2.09. The molecular weight excluding hydrogens is 314 g/mol. The number of halogens is 1. The average Bonchev–Trinajstić information content (AvgIpc) is 2.99. The third-order valence-electron chi connectivity index (χ3n) is 3.35. The van der Waals surface area contributed by atoms with Crippen LogP contribution in [0.3, 0.4) is 0 Å². The van der Waals surface area contributed by atoms with Crippen molar-refractivity contribution in [1.29, 1.82) is 0 Å². The summed E-state index contributed by atoms with van der Waals surface area (Å²) in [6.07, 6.45) is 3.49. The van der Waals surface area contributed by atoms with E-state index in [9.17, 15) is 4.79 Å². The minimum atomic E-state index is 0.0231. The van der Waals surface area contributed by atoms with Crippen molar-refractivity contribution in [3.05, 3.63) is 41.4 Å². The smallest absolute Gasteiger partial charge is 0.220 e. The standard InChI is InChI=1S/C17H22ClN3O2/c1-21(2)11-3-10-19-16(22)8-9-17-20-12-15(23-17)13-4-6-14(18)7-5-13/h4-7,12H,3,8-11H2,1-2H3,(H,19,22). The molecule has 0 saturated heterocycles. The maximum atomic E-state index is 11.8. The van der Waals surface area contributed by atoms with Crippen LogP contribution in [0, 0.1) is 0 Å². The third kappa shape index (κ3) is 6.04. The SMILES string of the molecule is CN(C)CCCNC(=O)CCc1ncc(-c2ccc(Cl)cc2)o1. The summed E-state index contributed by atoms with van der Waals surface area (Å²) in [4.78, 5) is 18.1. The molecule has 1 amide bonds. The highest BCUT2D eigenvalue weighted by atomic mass is 35.5. The average molecular weight is 336 g/mol. The van der Waals surface area contributed by atoms with Crippen LogP contribution in [0.25, 0.3) is 11.3 Å². The van der Waals surface area contributed by atoms with Crippen LogP contribution in [-0.2, 0) is 11.2 Å². The molecule has 0 bridgehead atoms. The van der Waals surface area contributed by atoms with Crippen LogP contribution >= 0.6 is 11.6 Å². The number of benzene rings is 1. The molecule has 0 aliphatic carbocycles. The van der Waals surface area contributed by atoms with Gasteiger partial charge in [-0.2, -0.15) is 0 Å². The molecule has 0 fully saturated rings. The Morgan fingerprint density at radius 2 is 2.04 bits per heavy atom. The van der Waals surface area contributed by atoms with Gasteiger partial charge in [-0.05, 0) is 51.3 Å². The van der Waals surface area contributed by atoms with Gasteiger partial charge in [-0.3, -0.25) is 4.79 Å². The highest BCUT2D eigenvalue weighted by molar-refractivity contribution is 6.30. The summed E-state index contributed by atoms with van der Waals surface area (Å²) in [7, 11) is 4.03. The van der Waals surface area contributed by atoms with E-state index in [0.717, 1.165) is 18.5 Å². The van der Waals surface area contributed by atoms with Gasteiger partial charge in [0.05, 0.1) is 6.20 Å². The normalized spacial score (nSPS) is 11.0. The molecule has 0 unspecified atom stereocenters. The van der Waals surface area contributed by atoms with E-state index < -0.39 is 0 Å². The molecule has 1 N–H and O–H groups in total. The number of carbonyl (C=O) groups is 1. The number of rotatable bonds is 8. The zero-order valence-electron chi connectivity index (χ0n) is 13.5. The molecule has 0 atom stereocenters. The van der Waals surface area contributed by atoms with Crippen LogP contribution in [0.4, 0.5) is 0 Å². The molecule has 0 spiro atoms. The van der Waals surface area contributed by atoms with Crippen LogP contribution < -0.4 is 5.32 Å². The molecule has 1 aromatic heterocycles. The van der Waals surface area contributed by atoms with Crippen molar-refractivity contribution in [1.82, 2.24) is 15.2 Å². The molecule has 0 aliphatic heterocycles. The van der Waals surface area contributed by atoms with Crippen LogP contribution in [0.1, 0.15) is 18.7 Å². The minimum absolute atomic E-state index is 0.0231. The number of hydrogen-bond donors (Lipinski definition) is 1. The van der Waals surface area contributed by atoms with E-state index in [2.05, 4.69) is 15.2 Å². The van der Waals surface area contributed by atoms with E-state index in [0.29, 0.717) is 36.1 Å². The highest BCUT2D eigenvalue weighted by Crippen LogP contribution is 2.22. The summed E-state index contributed by atoms with van der Waals surface area (Å²) >= 11 is 5.86. The quantitative estimate of drug-likeness (QED) is 0.753. The Morgan fingerprint density at radius 1 is 1.30 bits per heavy atom. The van der Waals surface area contributed by atoms with Crippen molar-refractivity contribution in [3.63, 3.8) is 0 Å². The van der Waals surface area contributed by atoms with E-state index in [4.69, 9.17) is 16.0 Å². The number of aromatic nitrogens is 1. The fraction of sp³-hybridized carbons (Fsp3) is 0.412. The van der Waals surface area contributed by atoms with Gasteiger partial charge in [0, 0.05) is 30.0 Å². The van der Waals surface area contributed by atoms with Crippen LogP contribution in [0.15, 0.2) is 34.9 Å². The maximum absolute atomic E-state index is 11.8. The first-order valence-electron chi connectivity index (χ1n) is 7.66. The number of oxazole rings is 1.